The number of methoxy groups -OCH3 is 1. The van der Waals surface area contributed by atoms with E-state index in [1.54, 1.807) is 13.2 Å². The zero-order valence-electron chi connectivity index (χ0n) is 11.2. The first-order valence-corrected chi connectivity index (χ1v) is 7.18. The molecule has 1 amide bonds. The Bertz CT molecular complexity index is 442. The van der Waals surface area contributed by atoms with Crippen molar-refractivity contribution < 1.29 is 9.53 Å². The number of benzene rings is 1. The number of halogens is 1. The Balaban J connectivity index is 1.80. The Morgan fingerprint density at radius 1 is 1.42 bits per heavy atom. The first kappa shape index (κ1) is 14.2. The number of hydrogen-bond acceptors (Lipinski definition) is 2. The number of amides is 1. The molecule has 2 rings (SSSR count). The molecule has 1 aliphatic rings. The van der Waals surface area contributed by atoms with Gasteiger partial charge in [0, 0.05) is 17.5 Å². The molecule has 0 aromatic heterocycles. The van der Waals surface area contributed by atoms with Crippen LogP contribution in [-0.4, -0.2) is 19.6 Å². The van der Waals surface area contributed by atoms with Crippen LogP contribution < -0.4 is 10.1 Å². The van der Waals surface area contributed by atoms with Crippen LogP contribution in [0.5, 0.6) is 5.75 Å². The number of rotatable bonds is 5. The Kier molecular flexibility index (Phi) is 5.08. The van der Waals surface area contributed by atoms with Crippen LogP contribution in [0.15, 0.2) is 18.2 Å². The van der Waals surface area contributed by atoms with Crippen molar-refractivity contribution in [1.82, 2.24) is 5.32 Å². The van der Waals surface area contributed by atoms with Gasteiger partial charge in [-0.05, 0) is 37.0 Å². The second-order valence-electron chi connectivity index (χ2n) is 4.98. The second-order valence-corrected chi connectivity index (χ2v) is 5.39. The highest BCUT2D eigenvalue weighted by atomic mass is 35.5. The molecule has 0 unspecified atom stereocenters. The molecule has 0 bridgehead atoms. The lowest BCUT2D eigenvalue weighted by Crippen LogP contribution is -2.30. The normalized spacial score (nSPS) is 15.5. The maximum Gasteiger partial charge on any atom is 0.223 e. The van der Waals surface area contributed by atoms with Gasteiger partial charge in [-0.1, -0.05) is 30.5 Å². The third-order valence-corrected chi connectivity index (χ3v) is 4.03. The van der Waals surface area contributed by atoms with Gasteiger partial charge in [0.15, 0.2) is 0 Å². The lowest BCUT2D eigenvalue weighted by atomic mass is 10.1. The average Bonchev–Trinajstić information content (AvgIpc) is 2.94. The molecule has 3 nitrogen and oxygen atoms in total. The Hall–Kier alpha value is -1.22. The van der Waals surface area contributed by atoms with Gasteiger partial charge in [-0.3, -0.25) is 4.79 Å². The molecular formula is C15H20ClNO2. The van der Waals surface area contributed by atoms with E-state index in [0.29, 0.717) is 11.6 Å². The molecular weight excluding hydrogens is 262 g/mol. The number of carbonyl (C=O) groups excluding carboxylic acids is 1. The minimum Gasteiger partial charge on any atom is -0.497 e. The third kappa shape index (κ3) is 3.87. The van der Waals surface area contributed by atoms with Gasteiger partial charge >= 0.3 is 0 Å². The van der Waals surface area contributed by atoms with Gasteiger partial charge in [0.1, 0.15) is 5.75 Å². The summed E-state index contributed by atoms with van der Waals surface area (Å²) in [6, 6.07) is 5.64. The van der Waals surface area contributed by atoms with E-state index in [1.807, 2.05) is 12.1 Å². The molecule has 0 spiro atoms. The van der Waals surface area contributed by atoms with Crippen LogP contribution in [0, 0.1) is 5.92 Å². The molecule has 1 saturated carbocycles. The zero-order valence-corrected chi connectivity index (χ0v) is 12.0. The Morgan fingerprint density at radius 2 is 2.16 bits per heavy atom. The van der Waals surface area contributed by atoms with Crippen LogP contribution in [0.1, 0.15) is 31.2 Å². The summed E-state index contributed by atoms with van der Waals surface area (Å²) in [5, 5.41) is 3.69. The highest BCUT2D eigenvalue weighted by Gasteiger charge is 2.21. The minimum absolute atomic E-state index is 0.196. The zero-order chi connectivity index (χ0) is 13.7. The van der Waals surface area contributed by atoms with E-state index in [1.165, 1.54) is 12.8 Å². The maximum atomic E-state index is 11.9. The van der Waals surface area contributed by atoms with Gasteiger partial charge in [-0.2, -0.15) is 0 Å². The fraction of sp³-hybridized carbons (Fsp3) is 0.533. The van der Waals surface area contributed by atoms with Gasteiger partial charge in [0.2, 0.25) is 5.91 Å². The maximum absolute atomic E-state index is 11.9. The first-order valence-electron chi connectivity index (χ1n) is 6.81. The van der Waals surface area contributed by atoms with Crippen LogP contribution in [-0.2, 0) is 11.2 Å². The van der Waals surface area contributed by atoms with E-state index in [2.05, 4.69) is 5.32 Å². The summed E-state index contributed by atoms with van der Waals surface area (Å²) in [5.41, 5.74) is 1.04. The van der Waals surface area contributed by atoms with Crippen molar-refractivity contribution in [3.8, 4) is 5.75 Å². The fourth-order valence-electron chi connectivity index (χ4n) is 2.51. The highest BCUT2D eigenvalue weighted by Crippen LogP contribution is 2.25. The van der Waals surface area contributed by atoms with Gasteiger partial charge in [-0.25, -0.2) is 0 Å². The lowest BCUT2D eigenvalue weighted by molar-refractivity contribution is -0.124. The number of ether oxygens (including phenoxy) is 1. The third-order valence-electron chi connectivity index (χ3n) is 3.68. The summed E-state index contributed by atoms with van der Waals surface area (Å²) in [6.45, 7) is 0.640. The van der Waals surface area contributed by atoms with Crippen LogP contribution in [0.25, 0.3) is 0 Å². The second kappa shape index (κ2) is 6.80. The van der Waals surface area contributed by atoms with Crippen LogP contribution in [0.3, 0.4) is 0 Å². The molecule has 104 valence electrons. The summed E-state index contributed by atoms with van der Waals surface area (Å²) >= 11 is 6.16. The average molecular weight is 282 g/mol. The van der Waals surface area contributed by atoms with Gasteiger partial charge in [0.25, 0.3) is 0 Å². The molecule has 1 aromatic carbocycles. The van der Waals surface area contributed by atoms with E-state index < -0.39 is 0 Å². The topological polar surface area (TPSA) is 38.3 Å². The summed E-state index contributed by atoms with van der Waals surface area (Å²) in [6.07, 6.45) is 5.19. The minimum atomic E-state index is 0.196. The number of hydrogen-bond donors (Lipinski definition) is 1. The van der Waals surface area contributed by atoms with Crippen LogP contribution in [0.2, 0.25) is 5.02 Å². The number of carbonyl (C=O) groups is 1. The standard InChI is InChI=1S/C15H20ClNO2/c1-19-13-7-6-11(14(16)10-13)8-9-17-15(18)12-4-2-3-5-12/h6-7,10,12H,2-5,8-9H2,1H3,(H,17,18). The van der Waals surface area contributed by atoms with Gasteiger partial charge in [0.05, 0.1) is 7.11 Å². The quantitative estimate of drug-likeness (QED) is 0.900. The molecule has 0 aliphatic heterocycles. The summed E-state index contributed by atoms with van der Waals surface area (Å²) in [4.78, 5) is 11.9. The fourth-order valence-corrected chi connectivity index (χ4v) is 2.78. The van der Waals surface area contributed by atoms with E-state index in [0.717, 1.165) is 30.6 Å². The monoisotopic (exact) mass is 281 g/mol. The molecule has 1 aromatic rings. The summed E-state index contributed by atoms with van der Waals surface area (Å²) in [5.74, 6) is 1.18. The van der Waals surface area contributed by atoms with Crippen molar-refractivity contribution in [3.05, 3.63) is 28.8 Å². The molecule has 1 N–H and O–H groups in total. The van der Waals surface area contributed by atoms with Gasteiger partial charge in [-0.15, -0.1) is 0 Å². The number of nitrogens with one attached hydrogen (secondary N) is 1. The van der Waals surface area contributed by atoms with Gasteiger partial charge < -0.3 is 10.1 Å². The van der Waals surface area contributed by atoms with Crippen molar-refractivity contribution >= 4 is 17.5 Å². The van der Waals surface area contributed by atoms with Crippen molar-refractivity contribution in [2.45, 2.75) is 32.1 Å². The Labute approximate surface area is 119 Å². The molecule has 4 heteroatoms. The van der Waals surface area contributed by atoms with Crippen molar-refractivity contribution in [2.75, 3.05) is 13.7 Å². The molecule has 0 heterocycles. The smallest absolute Gasteiger partial charge is 0.223 e. The van der Waals surface area contributed by atoms with E-state index >= 15 is 0 Å². The predicted octanol–water partition coefficient (Wildman–Crippen LogP) is 3.20. The first-order chi connectivity index (χ1) is 9.20. The molecule has 1 aliphatic carbocycles. The summed E-state index contributed by atoms with van der Waals surface area (Å²) in [7, 11) is 1.62. The molecule has 0 radical (unpaired) electrons. The highest BCUT2D eigenvalue weighted by molar-refractivity contribution is 6.31. The molecule has 1 fully saturated rings. The van der Waals surface area contributed by atoms with Crippen LogP contribution in [0.4, 0.5) is 0 Å². The van der Waals surface area contributed by atoms with E-state index in [9.17, 15) is 4.79 Å². The summed E-state index contributed by atoms with van der Waals surface area (Å²) < 4.78 is 5.11. The Morgan fingerprint density at radius 3 is 2.79 bits per heavy atom. The lowest BCUT2D eigenvalue weighted by Gasteiger charge is -2.11. The van der Waals surface area contributed by atoms with Crippen molar-refractivity contribution in [3.63, 3.8) is 0 Å². The largest absolute Gasteiger partial charge is 0.497 e. The van der Waals surface area contributed by atoms with E-state index in [4.69, 9.17) is 16.3 Å². The SMILES string of the molecule is COc1ccc(CCNC(=O)C2CCCC2)c(Cl)c1. The van der Waals surface area contributed by atoms with E-state index in [-0.39, 0.29) is 11.8 Å². The van der Waals surface area contributed by atoms with Crippen molar-refractivity contribution in [1.29, 1.82) is 0 Å². The molecule has 0 atom stereocenters. The van der Waals surface area contributed by atoms with Crippen molar-refractivity contribution in [2.24, 2.45) is 5.92 Å². The predicted molar refractivity (Wildman–Crippen MR) is 76.7 cm³/mol. The van der Waals surface area contributed by atoms with Crippen LogP contribution >= 0.6 is 11.6 Å². The molecule has 19 heavy (non-hydrogen) atoms. The molecule has 0 saturated heterocycles.